The number of hydrogen-bond acceptors (Lipinski definition) is 4. The van der Waals surface area contributed by atoms with Crippen molar-refractivity contribution in [2.45, 2.75) is 20.4 Å². The standard InChI is InChI=1S/C18H17N5/c1-3-23-11-14(10-21-23)15-8-17(22-18(20)16(15)9-19)13-6-4-5-12(2)7-13/h4-8,10-11H,3H2,1-2H3,(H2,20,22). The molecule has 1 aromatic carbocycles. The minimum Gasteiger partial charge on any atom is -0.383 e. The summed E-state index contributed by atoms with van der Waals surface area (Å²) in [6.45, 7) is 4.82. The number of benzene rings is 1. The van der Waals surface area contributed by atoms with Crippen molar-refractivity contribution < 1.29 is 0 Å². The van der Waals surface area contributed by atoms with E-state index >= 15 is 0 Å². The van der Waals surface area contributed by atoms with E-state index in [1.807, 2.05) is 55.1 Å². The molecule has 0 radical (unpaired) electrons. The molecule has 3 rings (SSSR count). The Bertz CT molecular complexity index is 902. The monoisotopic (exact) mass is 303 g/mol. The molecule has 2 heterocycles. The SMILES string of the molecule is CCn1cc(-c2cc(-c3cccc(C)c3)nc(N)c2C#N)cn1. The molecular formula is C18H17N5. The summed E-state index contributed by atoms with van der Waals surface area (Å²) in [6.07, 6.45) is 3.66. The number of aryl methyl sites for hydroxylation is 2. The molecule has 2 aromatic heterocycles. The van der Waals surface area contributed by atoms with E-state index in [-0.39, 0.29) is 5.82 Å². The summed E-state index contributed by atoms with van der Waals surface area (Å²) in [5.74, 6) is 0.241. The van der Waals surface area contributed by atoms with Crippen molar-refractivity contribution in [1.82, 2.24) is 14.8 Å². The highest BCUT2D eigenvalue weighted by molar-refractivity contribution is 5.79. The molecule has 0 fully saturated rings. The van der Waals surface area contributed by atoms with E-state index in [1.54, 1.807) is 6.20 Å². The van der Waals surface area contributed by atoms with Gasteiger partial charge in [-0.15, -0.1) is 0 Å². The quantitative estimate of drug-likeness (QED) is 0.804. The number of nitrogen functional groups attached to an aromatic ring is 1. The molecule has 23 heavy (non-hydrogen) atoms. The fourth-order valence-electron chi connectivity index (χ4n) is 2.54. The summed E-state index contributed by atoms with van der Waals surface area (Å²) in [7, 11) is 0. The molecule has 0 aliphatic rings. The second-order valence-electron chi connectivity index (χ2n) is 5.38. The molecule has 0 spiro atoms. The van der Waals surface area contributed by atoms with Crippen LogP contribution in [-0.4, -0.2) is 14.8 Å². The Hall–Kier alpha value is -3.13. The third-order valence-corrected chi connectivity index (χ3v) is 3.74. The van der Waals surface area contributed by atoms with Gasteiger partial charge in [-0.05, 0) is 26.0 Å². The normalized spacial score (nSPS) is 10.5. The molecule has 0 atom stereocenters. The molecule has 0 amide bonds. The molecule has 0 bridgehead atoms. The average molecular weight is 303 g/mol. The molecule has 0 saturated carbocycles. The summed E-state index contributed by atoms with van der Waals surface area (Å²) in [5, 5.41) is 13.7. The van der Waals surface area contributed by atoms with Crippen LogP contribution in [0.15, 0.2) is 42.7 Å². The van der Waals surface area contributed by atoms with Crippen LogP contribution in [0.1, 0.15) is 18.1 Å². The van der Waals surface area contributed by atoms with Crippen molar-refractivity contribution >= 4 is 5.82 Å². The zero-order valence-corrected chi connectivity index (χ0v) is 13.1. The first-order valence-electron chi connectivity index (χ1n) is 7.43. The van der Waals surface area contributed by atoms with Crippen LogP contribution in [0.3, 0.4) is 0 Å². The molecule has 5 heteroatoms. The predicted octanol–water partition coefficient (Wildman–Crippen LogP) is 3.39. The fraction of sp³-hybridized carbons (Fsp3) is 0.167. The van der Waals surface area contributed by atoms with Crippen LogP contribution in [0.5, 0.6) is 0 Å². The van der Waals surface area contributed by atoms with E-state index in [0.29, 0.717) is 5.56 Å². The van der Waals surface area contributed by atoms with Gasteiger partial charge in [-0.25, -0.2) is 4.98 Å². The van der Waals surface area contributed by atoms with Crippen molar-refractivity contribution in [3.05, 3.63) is 53.9 Å². The largest absolute Gasteiger partial charge is 0.383 e. The van der Waals surface area contributed by atoms with Gasteiger partial charge in [-0.1, -0.05) is 23.8 Å². The number of aromatic nitrogens is 3. The Morgan fingerprint density at radius 2 is 2.09 bits per heavy atom. The van der Waals surface area contributed by atoms with Crippen LogP contribution in [0.4, 0.5) is 5.82 Å². The summed E-state index contributed by atoms with van der Waals surface area (Å²) in [6, 6.07) is 12.1. The van der Waals surface area contributed by atoms with E-state index in [4.69, 9.17) is 5.73 Å². The Labute approximate surface area is 135 Å². The Morgan fingerprint density at radius 1 is 1.26 bits per heavy atom. The summed E-state index contributed by atoms with van der Waals surface area (Å²) in [5.41, 5.74) is 10.9. The van der Waals surface area contributed by atoms with Gasteiger partial charge in [0.05, 0.1) is 11.9 Å². The van der Waals surface area contributed by atoms with E-state index in [9.17, 15) is 5.26 Å². The number of rotatable bonds is 3. The number of nitrogens with zero attached hydrogens (tertiary/aromatic N) is 4. The third kappa shape index (κ3) is 2.79. The zero-order chi connectivity index (χ0) is 16.4. The second-order valence-corrected chi connectivity index (χ2v) is 5.38. The number of nitriles is 1. The molecular weight excluding hydrogens is 286 g/mol. The van der Waals surface area contributed by atoms with E-state index in [2.05, 4.69) is 16.2 Å². The van der Waals surface area contributed by atoms with Crippen LogP contribution in [0.25, 0.3) is 22.4 Å². The molecule has 0 aliphatic heterocycles. The zero-order valence-electron chi connectivity index (χ0n) is 13.1. The summed E-state index contributed by atoms with van der Waals surface area (Å²) in [4.78, 5) is 4.40. The first-order valence-corrected chi connectivity index (χ1v) is 7.43. The minimum atomic E-state index is 0.241. The second kappa shape index (κ2) is 5.93. The lowest BCUT2D eigenvalue weighted by molar-refractivity contribution is 0.660. The van der Waals surface area contributed by atoms with Gasteiger partial charge in [-0.2, -0.15) is 10.4 Å². The Morgan fingerprint density at radius 3 is 2.74 bits per heavy atom. The summed E-state index contributed by atoms with van der Waals surface area (Å²) < 4.78 is 1.82. The van der Waals surface area contributed by atoms with Crippen molar-refractivity contribution in [3.63, 3.8) is 0 Å². The third-order valence-electron chi connectivity index (χ3n) is 3.74. The minimum absolute atomic E-state index is 0.241. The smallest absolute Gasteiger partial charge is 0.142 e. The molecule has 2 N–H and O–H groups in total. The van der Waals surface area contributed by atoms with Crippen molar-refractivity contribution in [2.24, 2.45) is 0 Å². The van der Waals surface area contributed by atoms with Crippen LogP contribution in [0.2, 0.25) is 0 Å². The van der Waals surface area contributed by atoms with Gasteiger partial charge in [0, 0.05) is 29.4 Å². The number of hydrogen-bond donors (Lipinski definition) is 1. The van der Waals surface area contributed by atoms with Gasteiger partial charge in [0.15, 0.2) is 0 Å². The van der Waals surface area contributed by atoms with Gasteiger partial charge in [0.2, 0.25) is 0 Å². The number of anilines is 1. The Kier molecular flexibility index (Phi) is 3.82. The van der Waals surface area contributed by atoms with Crippen LogP contribution >= 0.6 is 0 Å². The lowest BCUT2D eigenvalue weighted by Crippen LogP contribution is -1.99. The molecule has 3 aromatic rings. The molecule has 5 nitrogen and oxygen atoms in total. The van der Waals surface area contributed by atoms with E-state index in [1.165, 1.54) is 0 Å². The van der Waals surface area contributed by atoms with Gasteiger partial charge >= 0.3 is 0 Å². The van der Waals surface area contributed by atoms with Gasteiger partial charge in [0.25, 0.3) is 0 Å². The van der Waals surface area contributed by atoms with E-state index < -0.39 is 0 Å². The highest BCUT2D eigenvalue weighted by Gasteiger charge is 2.14. The van der Waals surface area contributed by atoms with Gasteiger partial charge in [0.1, 0.15) is 17.5 Å². The average Bonchev–Trinajstić information content (AvgIpc) is 3.03. The molecule has 0 unspecified atom stereocenters. The Balaban J connectivity index is 2.20. The molecule has 114 valence electrons. The lowest BCUT2D eigenvalue weighted by atomic mass is 10.00. The van der Waals surface area contributed by atoms with Crippen LogP contribution in [-0.2, 0) is 6.54 Å². The first-order chi connectivity index (χ1) is 11.1. The maximum atomic E-state index is 9.43. The van der Waals surface area contributed by atoms with Gasteiger partial charge < -0.3 is 5.73 Å². The van der Waals surface area contributed by atoms with Crippen molar-refractivity contribution in [3.8, 4) is 28.5 Å². The van der Waals surface area contributed by atoms with Crippen LogP contribution < -0.4 is 5.73 Å². The molecule has 0 aliphatic carbocycles. The van der Waals surface area contributed by atoms with Crippen molar-refractivity contribution in [2.75, 3.05) is 5.73 Å². The van der Waals surface area contributed by atoms with Crippen molar-refractivity contribution in [1.29, 1.82) is 5.26 Å². The van der Waals surface area contributed by atoms with Crippen LogP contribution in [0, 0.1) is 18.3 Å². The topological polar surface area (TPSA) is 80.5 Å². The highest BCUT2D eigenvalue weighted by Crippen LogP contribution is 2.31. The number of pyridine rings is 1. The maximum absolute atomic E-state index is 9.43. The lowest BCUT2D eigenvalue weighted by Gasteiger charge is -2.09. The fourth-order valence-corrected chi connectivity index (χ4v) is 2.54. The summed E-state index contributed by atoms with van der Waals surface area (Å²) >= 11 is 0. The first kappa shape index (κ1) is 14.8. The maximum Gasteiger partial charge on any atom is 0.142 e. The predicted molar refractivity (Wildman–Crippen MR) is 90.4 cm³/mol. The number of nitrogens with two attached hydrogens (primary N) is 1. The van der Waals surface area contributed by atoms with Gasteiger partial charge in [-0.3, -0.25) is 4.68 Å². The highest BCUT2D eigenvalue weighted by atomic mass is 15.3. The van der Waals surface area contributed by atoms with E-state index in [0.717, 1.165) is 34.5 Å². The molecule has 0 saturated heterocycles.